The van der Waals surface area contributed by atoms with Gasteiger partial charge in [-0.05, 0) is 19.1 Å². The molecule has 1 amide bonds. The predicted octanol–water partition coefficient (Wildman–Crippen LogP) is 1.57. The topological polar surface area (TPSA) is 76.7 Å². The Hall–Kier alpha value is -2.04. The zero-order valence-electron chi connectivity index (χ0n) is 8.43. The van der Waals surface area contributed by atoms with Crippen molar-refractivity contribution in [2.45, 2.75) is 6.92 Å². The van der Waals surface area contributed by atoms with Gasteiger partial charge in [-0.15, -0.1) is 0 Å². The van der Waals surface area contributed by atoms with Crippen LogP contribution < -0.4 is 11.1 Å². The van der Waals surface area contributed by atoms with Crippen molar-refractivity contribution in [2.75, 3.05) is 11.9 Å². The van der Waals surface area contributed by atoms with Gasteiger partial charge >= 0.3 is 6.09 Å². The minimum atomic E-state index is -0.643. The number of carbonyl (C=O) groups excluding carboxylic acids is 1. The number of rotatable bonds is 2. The Balaban J connectivity index is 2.47. The van der Waals surface area contributed by atoms with Gasteiger partial charge in [-0.1, -0.05) is 18.2 Å². The molecule has 5 nitrogen and oxygen atoms in total. The zero-order valence-corrected chi connectivity index (χ0v) is 8.43. The summed E-state index contributed by atoms with van der Waals surface area (Å²) in [5, 5.41) is 2.51. The summed E-state index contributed by atoms with van der Waals surface area (Å²) < 4.78 is 4.67. The first-order chi connectivity index (χ1) is 7.22. The van der Waals surface area contributed by atoms with Crippen LogP contribution in [0.3, 0.4) is 0 Å². The number of amides is 1. The Kier molecular flexibility index (Phi) is 4.15. The number of nitrogens with two attached hydrogens (primary N) is 1. The van der Waals surface area contributed by atoms with Crippen LogP contribution in [0.4, 0.5) is 10.5 Å². The van der Waals surface area contributed by atoms with Gasteiger partial charge in [0.2, 0.25) is 0 Å². The number of amidine groups is 1. The van der Waals surface area contributed by atoms with Crippen LogP contribution in [0.5, 0.6) is 0 Å². The van der Waals surface area contributed by atoms with E-state index in [4.69, 9.17) is 5.73 Å². The lowest BCUT2D eigenvalue weighted by atomic mass is 10.3. The Labute approximate surface area is 88.0 Å². The number of nitrogens with one attached hydrogen (secondary N) is 1. The highest BCUT2D eigenvalue weighted by Gasteiger charge is 2.04. The van der Waals surface area contributed by atoms with Gasteiger partial charge in [-0.2, -0.15) is 0 Å². The minimum Gasteiger partial charge on any atom is -0.376 e. The van der Waals surface area contributed by atoms with Crippen LogP contribution in [0.25, 0.3) is 0 Å². The van der Waals surface area contributed by atoms with E-state index in [2.05, 4.69) is 15.0 Å². The second-order valence-corrected chi connectivity index (χ2v) is 2.69. The zero-order chi connectivity index (χ0) is 11.1. The van der Waals surface area contributed by atoms with Gasteiger partial charge < -0.3 is 10.5 Å². The summed E-state index contributed by atoms with van der Waals surface area (Å²) >= 11 is 0. The van der Waals surface area contributed by atoms with Crippen LogP contribution >= 0.6 is 0 Å². The molecule has 0 saturated heterocycles. The standard InChI is InChI=1S/C10H13N3O2/c1-2-12-9(11)15-10(14)13-8-6-4-3-5-7-8/h3-7H,2H2,1H3,(H2,11,12)(H,13,14). The van der Waals surface area contributed by atoms with Gasteiger partial charge in [-0.3, -0.25) is 5.32 Å². The van der Waals surface area contributed by atoms with E-state index in [0.29, 0.717) is 12.2 Å². The molecular weight excluding hydrogens is 194 g/mol. The minimum absolute atomic E-state index is 0.133. The van der Waals surface area contributed by atoms with E-state index in [0.717, 1.165) is 0 Å². The predicted molar refractivity (Wildman–Crippen MR) is 58.7 cm³/mol. The smallest absolute Gasteiger partial charge is 0.376 e. The number of carbonyl (C=O) groups is 1. The fraction of sp³-hybridized carbons (Fsp3) is 0.200. The van der Waals surface area contributed by atoms with E-state index in [1.54, 1.807) is 31.2 Å². The van der Waals surface area contributed by atoms with Crippen LogP contribution in [0, 0.1) is 0 Å². The van der Waals surface area contributed by atoms with E-state index >= 15 is 0 Å². The van der Waals surface area contributed by atoms with Crippen LogP contribution in [0.15, 0.2) is 35.3 Å². The van der Waals surface area contributed by atoms with Gasteiger partial charge in [0.05, 0.1) is 0 Å². The molecule has 5 heteroatoms. The molecule has 0 spiro atoms. The van der Waals surface area contributed by atoms with Crippen molar-refractivity contribution in [2.24, 2.45) is 10.7 Å². The fourth-order valence-electron chi connectivity index (χ4n) is 0.948. The second-order valence-electron chi connectivity index (χ2n) is 2.69. The number of hydrogen-bond donors (Lipinski definition) is 2. The van der Waals surface area contributed by atoms with E-state index < -0.39 is 6.09 Å². The van der Waals surface area contributed by atoms with E-state index in [-0.39, 0.29) is 6.02 Å². The van der Waals surface area contributed by atoms with Crippen LogP contribution in [0.1, 0.15) is 6.92 Å². The lowest BCUT2D eigenvalue weighted by Crippen LogP contribution is -2.24. The molecule has 0 aromatic heterocycles. The quantitative estimate of drug-likeness (QED) is 0.570. The van der Waals surface area contributed by atoms with Crippen molar-refractivity contribution in [1.82, 2.24) is 0 Å². The molecule has 0 heterocycles. The molecule has 0 aliphatic heterocycles. The number of nitrogens with zero attached hydrogens (tertiary/aromatic N) is 1. The number of aliphatic imine (C=N–C) groups is 1. The Morgan fingerprint density at radius 1 is 1.47 bits per heavy atom. The third-order valence-corrected chi connectivity index (χ3v) is 1.53. The van der Waals surface area contributed by atoms with Crippen molar-refractivity contribution in [3.05, 3.63) is 30.3 Å². The Morgan fingerprint density at radius 2 is 2.13 bits per heavy atom. The summed E-state index contributed by atoms with van der Waals surface area (Å²) in [5.74, 6) is 0. The summed E-state index contributed by atoms with van der Waals surface area (Å²) in [6, 6.07) is 8.82. The number of para-hydroxylation sites is 1. The second kappa shape index (κ2) is 5.64. The maximum absolute atomic E-state index is 11.2. The molecule has 15 heavy (non-hydrogen) atoms. The molecule has 1 aromatic rings. The highest BCUT2D eigenvalue weighted by Crippen LogP contribution is 2.04. The average molecular weight is 207 g/mol. The van der Waals surface area contributed by atoms with Crippen LogP contribution in [-0.4, -0.2) is 18.7 Å². The lowest BCUT2D eigenvalue weighted by Gasteiger charge is -2.04. The van der Waals surface area contributed by atoms with Crippen molar-refractivity contribution in [3.63, 3.8) is 0 Å². The van der Waals surface area contributed by atoms with Crippen LogP contribution in [-0.2, 0) is 4.74 Å². The number of anilines is 1. The highest BCUT2D eigenvalue weighted by molar-refractivity contribution is 5.93. The number of hydrogen-bond acceptors (Lipinski definition) is 3. The van der Waals surface area contributed by atoms with Crippen molar-refractivity contribution >= 4 is 17.8 Å². The molecule has 3 N–H and O–H groups in total. The molecule has 0 atom stereocenters. The molecule has 80 valence electrons. The van der Waals surface area contributed by atoms with Crippen molar-refractivity contribution in [3.8, 4) is 0 Å². The molecule has 0 bridgehead atoms. The number of ether oxygens (including phenoxy) is 1. The molecular formula is C10H13N3O2. The summed E-state index contributed by atoms with van der Waals surface area (Å²) in [4.78, 5) is 14.9. The first-order valence-electron chi connectivity index (χ1n) is 4.56. The molecule has 0 aliphatic rings. The average Bonchev–Trinajstić information content (AvgIpc) is 2.19. The van der Waals surface area contributed by atoms with Crippen molar-refractivity contribution in [1.29, 1.82) is 0 Å². The van der Waals surface area contributed by atoms with Gasteiger partial charge in [0.25, 0.3) is 6.02 Å². The first kappa shape index (κ1) is 11.0. The van der Waals surface area contributed by atoms with Gasteiger partial charge in [-0.25, -0.2) is 9.79 Å². The summed E-state index contributed by atoms with van der Waals surface area (Å²) in [7, 11) is 0. The maximum Gasteiger partial charge on any atom is 0.419 e. The molecule has 0 fully saturated rings. The van der Waals surface area contributed by atoms with Gasteiger partial charge in [0.15, 0.2) is 0 Å². The SMILES string of the molecule is CCN=C(N)OC(=O)Nc1ccccc1. The monoisotopic (exact) mass is 207 g/mol. The van der Waals surface area contributed by atoms with Gasteiger partial charge in [0, 0.05) is 12.2 Å². The summed E-state index contributed by atoms with van der Waals surface area (Å²) in [6.07, 6.45) is -0.643. The molecule has 0 unspecified atom stereocenters. The molecule has 0 saturated carbocycles. The Bertz CT molecular complexity index is 349. The molecule has 1 aromatic carbocycles. The lowest BCUT2D eigenvalue weighted by molar-refractivity contribution is 0.211. The number of benzene rings is 1. The maximum atomic E-state index is 11.2. The van der Waals surface area contributed by atoms with E-state index in [1.807, 2.05) is 6.07 Å². The normalized spacial score (nSPS) is 10.9. The third-order valence-electron chi connectivity index (χ3n) is 1.53. The van der Waals surface area contributed by atoms with E-state index in [1.165, 1.54) is 0 Å². The first-order valence-corrected chi connectivity index (χ1v) is 4.56. The summed E-state index contributed by atoms with van der Waals surface area (Å²) in [5.41, 5.74) is 5.95. The van der Waals surface area contributed by atoms with Gasteiger partial charge in [0.1, 0.15) is 0 Å². The largest absolute Gasteiger partial charge is 0.419 e. The van der Waals surface area contributed by atoms with Crippen LogP contribution in [0.2, 0.25) is 0 Å². The summed E-state index contributed by atoms with van der Waals surface area (Å²) in [6.45, 7) is 2.27. The van der Waals surface area contributed by atoms with E-state index in [9.17, 15) is 4.79 Å². The highest BCUT2D eigenvalue weighted by atomic mass is 16.6. The fourth-order valence-corrected chi connectivity index (χ4v) is 0.948. The van der Waals surface area contributed by atoms with Crippen molar-refractivity contribution < 1.29 is 9.53 Å². The Morgan fingerprint density at radius 3 is 2.73 bits per heavy atom. The third kappa shape index (κ3) is 4.12. The molecule has 0 radical (unpaired) electrons. The molecule has 1 rings (SSSR count). The molecule has 0 aliphatic carbocycles.